The van der Waals surface area contributed by atoms with Gasteiger partial charge in [-0.25, -0.2) is 23.1 Å². The zero-order chi connectivity index (χ0) is 27.0. The average Bonchev–Trinajstić information content (AvgIpc) is 3.46. The minimum Gasteiger partial charge on any atom is -0.444 e. The molecule has 2 aliphatic heterocycles. The molecule has 1 unspecified atom stereocenters. The van der Waals surface area contributed by atoms with Gasteiger partial charge in [0.15, 0.2) is 11.3 Å². The van der Waals surface area contributed by atoms with Crippen LogP contribution in [0.3, 0.4) is 0 Å². The molecule has 0 radical (unpaired) electrons. The number of alkyl halides is 1. The van der Waals surface area contributed by atoms with Crippen LogP contribution in [0.4, 0.5) is 19.4 Å². The van der Waals surface area contributed by atoms with E-state index in [-0.39, 0.29) is 48.6 Å². The summed E-state index contributed by atoms with van der Waals surface area (Å²) < 4.78 is 35.3. The average molecular weight is 527 g/mol. The first-order valence-electron chi connectivity index (χ1n) is 12.9. The molecule has 9 nitrogen and oxygen atoms in total. The summed E-state index contributed by atoms with van der Waals surface area (Å²) in [5.41, 5.74) is 0.856. The molecule has 11 heteroatoms. The second kappa shape index (κ2) is 10.2. The molecular formula is C27H32F2N6O3. The number of hydrogen-bond acceptors (Lipinski definition) is 6. The number of likely N-dealkylation sites (tertiary alicyclic amines) is 1. The van der Waals surface area contributed by atoms with Gasteiger partial charge in [-0.15, -0.1) is 5.10 Å². The molecule has 38 heavy (non-hydrogen) atoms. The smallest absolute Gasteiger partial charge is 0.410 e. The molecule has 2 saturated heterocycles. The maximum Gasteiger partial charge on any atom is 0.410 e. The van der Waals surface area contributed by atoms with E-state index in [9.17, 15) is 18.4 Å². The van der Waals surface area contributed by atoms with Crippen molar-refractivity contribution in [3.05, 3.63) is 59.7 Å². The number of halogens is 2. The highest BCUT2D eigenvalue weighted by Crippen LogP contribution is 2.36. The molecule has 2 amide bonds. The third-order valence-electron chi connectivity index (χ3n) is 6.84. The van der Waals surface area contributed by atoms with Gasteiger partial charge in [0.05, 0.1) is 18.8 Å². The van der Waals surface area contributed by atoms with Gasteiger partial charge in [-0.3, -0.25) is 4.79 Å². The van der Waals surface area contributed by atoms with Crippen molar-refractivity contribution in [2.45, 2.75) is 63.9 Å². The lowest BCUT2D eigenvalue weighted by molar-refractivity contribution is 0.0199. The van der Waals surface area contributed by atoms with Crippen LogP contribution in [0.1, 0.15) is 62.1 Å². The van der Waals surface area contributed by atoms with Crippen molar-refractivity contribution in [1.29, 1.82) is 0 Å². The number of benzene rings is 1. The number of piperidine rings is 1. The van der Waals surface area contributed by atoms with Gasteiger partial charge in [-0.1, -0.05) is 12.1 Å². The summed E-state index contributed by atoms with van der Waals surface area (Å²) in [5.74, 6) is -0.229. The van der Waals surface area contributed by atoms with Crippen LogP contribution < -0.4 is 10.2 Å². The third-order valence-corrected chi connectivity index (χ3v) is 6.84. The number of ether oxygens (including phenoxy) is 1. The minimum atomic E-state index is -1.09. The SMILES string of the molecule is CC(C)(C)OC(=O)N1CCC(NC(=O)c2cnc3ccc(N4C[C@@H](F)CC4c4cccc(F)c4)nn23)CC1. The first kappa shape index (κ1) is 25.9. The number of nitrogens with zero attached hydrogens (tertiary/aromatic N) is 5. The van der Waals surface area contributed by atoms with Gasteiger partial charge >= 0.3 is 6.09 Å². The third kappa shape index (κ3) is 5.56. The minimum absolute atomic E-state index is 0.113. The summed E-state index contributed by atoms with van der Waals surface area (Å²) in [6.07, 6.45) is 1.45. The van der Waals surface area contributed by atoms with Crippen LogP contribution in [0.5, 0.6) is 0 Å². The molecule has 3 aromatic rings. The van der Waals surface area contributed by atoms with Gasteiger partial charge < -0.3 is 19.9 Å². The molecule has 0 spiro atoms. The number of carbonyl (C=O) groups is 2. The fourth-order valence-electron chi connectivity index (χ4n) is 5.03. The van der Waals surface area contributed by atoms with Crippen LogP contribution in [-0.2, 0) is 4.74 Å². The lowest BCUT2D eigenvalue weighted by Gasteiger charge is -2.33. The fraction of sp³-hybridized carbons (Fsp3) is 0.481. The van der Waals surface area contributed by atoms with E-state index in [0.29, 0.717) is 43.0 Å². The van der Waals surface area contributed by atoms with E-state index in [2.05, 4.69) is 15.4 Å². The zero-order valence-electron chi connectivity index (χ0n) is 21.7. The van der Waals surface area contributed by atoms with E-state index in [1.54, 1.807) is 34.1 Å². The molecule has 5 rings (SSSR count). The lowest BCUT2D eigenvalue weighted by Crippen LogP contribution is -2.48. The van der Waals surface area contributed by atoms with Crippen LogP contribution in [0, 0.1) is 5.82 Å². The number of aromatic nitrogens is 3. The van der Waals surface area contributed by atoms with Crippen LogP contribution in [-0.4, -0.2) is 68.9 Å². The monoisotopic (exact) mass is 526 g/mol. The molecule has 1 N–H and O–H groups in total. The van der Waals surface area contributed by atoms with Crippen molar-refractivity contribution in [2.75, 3.05) is 24.5 Å². The van der Waals surface area contributed by atoms with Crippen molar-refractivity contribution in [3.63, 3.8) is 0 Å². The zero-order valence-corrected chi connectivity index (χ0v) is 21.7. The Morgan fingerprint density at radius 3 is 2.61 bits per heavy atom. The largest absolute Gasteiger partial charge is 0.444 e. The van der Waals surface area contributed by atoms with E-state index in [1.165, 1.54) is 22.8 Å². The molecule has 0 aliphatic carbocycles. The lowest BCUT2D eigenvalue weighted by atomic mass is 10.0. The highest BCUT2D eigenvalue weighted by Gasteiger charge is 2.35. The van der Waals surface area contributed by atoms with Crippen molar-refractivity contribution in [1.82, 2.24) is 24.8 Å². The molecule has 1 aromatic carbocycles. The van der Waals surface area contributed by atoms with Crippen molar-refractivity contribution < 1.29 is 23.1 Å². The Labute approximate surface area is 219 Å². The van der Waals surface area contributed by atoms with E-state index < -0.39 is 11.8 Å². The highest BCUT2D eigenvalue weighted by atomic mass is 19.1. The molecule has 0 bridgehead atoms. The molecular weight excluding hydrogens is 494 g/mol. The van der Waals surface area contributed by atoms with E-state index in [0.717, 1.165) is 0 Å². The predicted molar refractivity (Wildman–Crippen MR) is 137 cm³/mol. The molecule has 2 atom stereocenters. The van der Waals surface area contributed by atoms with E-state index in [4.69, 9.17) is 4.74 Å². The Morgan fingerprint density at radius 1 is 1.13 bits per heavy atom. The fourth-order valence-corrected chi connectivity index (χ4v) is 5.03. The molecule has 2 aromatic heterocycles. The van der Waals surface area contributed by atoms with Crippen LogP contribution >= 0.6 is 0 Å². The summed E-state index contributed by atoms with van der Waals surface area (Å²) >= 11 is 0. The maximum atomic E-state index is 14.5. The number of rotatable bonds is 4. The second-order valence-corrected chi connectivity index (χ2v) is 10.9. The predicted octanol–water partition coefficient (Wildman–Crippen LogP) is 4.29. The number of nitrogens with one attached hydrogen (secondary N) is 1. The number of amides is 2. The van der Waals surface area contributed by atoms with Gasteiger partial charge in [-0.2, -0.15) is 0 Å². The Kier molecular flexibility index (Phi) is 6.93. The normalized spacial score (nSPS) is 20.7. The number of carbonyl (C=O) groups excluding carboxylic acids is 2. The van der Waals surface area contributed by atoms with Gasteiger partial charge in [-0.05, 0) is 63.4 Å². The van der Waals surface area contributed by atoms with Crippen LogP contribution in [0.15, 0.2) is 42.6 Å². The Balaban J connectivity index is 1.29. The standard InChI is InChI=1S/C27H32F2N6O3/c1-27(2,3)38-26(37)33-11-9-20(10-12-33)31-25(36)22-15-30-23-7-8-24(32-35(22)23)34-16-19(29)14-21(34)17-5-4-6-18(28)13-17/h4-8,13,15,19-21H,9-12,14,16H2,1-3H3,(H,31,36)/t19-,21?/m0/s1. The van der Waals surface area contributed by atoms with Gasteiger partial charge in [0.25, 0.3) is 5.91 Å². The number of anilines is 1. The van der Waals surface area contributed by atoms with Gasteiger partial charge in [0.2, 0.25) is 0 Å². The van der Waals surface area contributed by atoms with Gasteiger partial charge in [0.1, 0.15) is 23.4 Å². The summed E-state index contributed by atoms with van der Waals surface area (Å²) in [4.78, 5) is 33.2. The van der Waals surface area contributed by atoms with Crippen LogP contribution in [0.2, 0.25) is 0 Å². The molecule has 4 heterocycles. The topological polar surface area (TPSA) is 92.1 Å². The van der Waals surface area contributed by atoms with E-state index >= 15 is 0 Å². The first-order chi connectivity index (χ1) is 18.1. The number of fused-ring (bicyclic) bond motifs is 1. The van der Waals surface area contributed by atoms with Crippen molar-refractivity contribution in [2.24, 2.45) is 0 Å². The Bertz CT molecular complexity index is 1330. The van der Waals surface area contributed by atoms with Crippen molar-refractivity contribution in [3.8, 4) is 0 Å². The second-order valence-electron chi connectivity index (χ2n) is 10.9. The number of imidazole rings is 1. The Morgan fingerprint density at radius 2 is 1.89 bits per heavy atom. The summed E-state index contributed by atoms with van der Waals surface area (Å²) in [7, 11) is 0. The quantitative estimate of drug-likeness (QED) is 0.546. The maximum absolute atomic E-state index is 14.5. The molecule has 2 fully saturated rings. The van der Waals surface area contributed by atoms with E-state index in [1.807, 2.05) is 20.8 Å². The first-order valence-corrected chi connectivity index (χ1v) is 12.9. The van der Waals surface area contributed by atoms with Gasteiger partial charge in [0, 0.05) is 25.6 Å². The Hall–Kier alpha value is -3.76. The summed E-state index contributed by atoms with van der Waals surface area (Å²) in [6, 6.07) is 9.15. The molecule has 2 aliphatic rings. The molecule has 0 saturated carbocycles. The summed E-state index contributed by atoms with van der Waals surface area (Å²) in [6.45, 7) is 6.57. The van der Waals surface area contributed by atoms with Crippen molar-refractivity contribution >= 4 is 23.5 Å². The number of hydrogen-bond donors (Lipinski definition) is 1. The summed E-state index contributed by atoms with van der Waals surface area (Å²) in [5, 5.41) is 7.65. The van der Waals surface area contributed by atoms with Crippen LogP contribution in [0.25, 0.3) is 5.65 Å². The highest BCUT2D eigenvalue weighted by molar-refractivity contribution is 5.93. The molecule has 202 valence electrons.